The lowest BCUT2D eigenvalue weighted by molar-refractivity contribution is -0.144. The summed E-state index contributed by atoms with van der Waals surface area (Å²) in [6, 6.07) is 3.92. The van der Waals surface area contributed by atoms with Crippen LogP contribution in [0.5, 0.6) is 0 Å². The molecule has 0 bridgehead atoms. The molecule has 8 nitrogen and oxygen atoms in total. The largest absolute Gasteiger partial charge is 0.453 e. The van der Waals surface area contributed by atoms with E-state index in [1.54, 1.807) is 16.8 Å². The molecule has 13 heteroatoms. The zero-order valence-corrected chi connectivity index (χ0v) is 17.0. The number of hydrogen-bond acceptors (Lipinski definition) is 5. The predicted molar refractivity (Wildman–Crippen MR) is 100 cm³/mol. The lowest BCUT2D eigenvalue weighted by Crippen LogP contribution is -2.34. The molecule has 1 N–H and O–H groups in total. The molecule has 0 aromatic carbocycles. The van der Waals surface area contributed by atoms with E-state index < -0.39 is 41.4 Å². The second-order valence-corrected chi connectivity index (χ2v) is 7.54. The van der Waals surface area contributed by atoms with E-state index in [2.05, 4.69) is 25.5 Å². The maximum atomic E-state index is 13.6. The minimum absolute atomic E-state index is 0.395. The maximum absolute atomic E-state index is 13.6. The zero-order chi connectivity index (χ0) is 23.3. The molecule has 1 aliphatic heterocycles. The van der Waals surface area contributed by atoms with Gasteiger partial charge in [0, 0.05) is 32.3 Å². The molecule has 32 heavy (non-hydrogen) atoms. The molecule has 1 atom stereocenters. The Labute approximate surface area is 178 Å². The molecule has 1 amide bonds. The highest BCUT2D eigenvalue weighted by Crippen LogP contribution is 2.32. The number of carbonyl (C=O) groups excluding carboxylic acids is 1. The smallest absolute Gasteiger partial charge is 0.341 e. The average Bonchev–Trinajstić information content (AvgIpc) is 3.32. The minimum atomic E-state index is -4.77. The highest BCUT2D eigenvalue weighted by atomic mass is 19.4. The van der Waals surface area contributed by atoms with Crippen LogP contribution in [0.3, 0.4) is 0 Å². The molecule has 0 fully saturated rings. The van der Waals surface area contributed by atoms with Crippen LogP contribution in [0.15, 0.2) is 24.4 Å². The van der Waals surface area contributed by atoms with E-state index in [1.807, 2.05) is 0 Å². The molecule has 0 radical (unpaired) electrons. The first-order chi connectivity index (χ1) is 14.9. The van der Waals surface area contributed by atoms with Crippen molar-refractivity contribution >= 4 is 5.91 Å². The highest BCUT2D eigenvalue weighted by Gasteiger charge is 2.38. The molecule has 4 heterocycles. The number of halogens is 5. The van der Waals surface area contributed by atoms with E-state index in [1.165, 1.54) is 19.3 Å². The van der Waals surface area contributed by atoms with E-state index in [-0.39, 0.29) is 0 Å². The van der Waals surface area contributed by atoms with E-state index in [4.69, 9.17) is 0 Å². The Bertz CT molecular complexity index is 1160. The summed E-state index contributed by atoms with van der Waals surface area (Å²) in [5.74, 6) is -5.80. The van der Waals surface area contributed by atoms with Crippen LogP contribution in [0.1, 0.15) is 53.6 Å². The summed E-state index contributed by atoms with van der Waals surface area (Å²) in [7, 11) is 1.20. The monoisotopic (exact) mass is 455 g/mol. The third-order valence-electron chi connectivity index (χ3n) is 5.06. The van der Waals surface area contributed by atoms with Gasteiger partial charge < -0.3 is 5.32 Å². The van der Waals surface area contributed by atoms with Crippen molar-refractivity contribution in [2.45, 2.75) is 44.5 Å². The average molecular weight is 455 g/mol. The molecule has 0 unspecified atom stereocenters. The molecule has 170 valence electrons. The lowest BCUT2D eigenvalue weighted by Gasteiger charge is -2.24. The number of nitrogens with one attached hydrogen (secondary N) is 1. The van der Waals surface area contributed by atoms with Crippen molar-refractivity contribution in [1.29, 1.82) is 0 Å². The molecule has 0 spiro atoms. The van der Waals surface area contributed by atoms with E-state index in [9.17, 15) is 26.7 Å². The molecule has 1 aliphatic rings. The van der Waals surface area contributed by atoms with Gasteiger partial charge in [0.15, 0.2) is 0 Å². The summed E-state index contributed by atoms with van der Waals surface area (Å²) in [6.07, 6.45) is -2.32. The Morgan fingerprint density at radius 3 is 2.59 bits per heavy atom. The Kier molecular flexibility index (Phi) is 5.21. The van der Waals surface area contributed by atoms with Crippen LogP contribution >= 0.6 is 0 Å². The fourth-order valence-corrected chi connectivity index (χ4v) is 3.53. The number of alkyl halides is 5. The van der Waals surface area contributed by atoms with Crippen LogP contribution in [-0.2, 0) is 25.7 Å². The van der Waals surface area contributed by atoms with Crippen molar-refractivity contribution < 1.29 is 26.7 Å². The number of aromatic nitrogens is 6. The first-order valence-corrected chi connectivity index (χ1v) is 9.65. The number of pyridine rings is 1. The highest BCUT2D eigenvalue weighted by molar-refractivity contribution is 5.91. The van der Waals surface area contributed by atoms with Crippen LogP contribution in [-0.4, -0.2) is 35.4 Å². The topological polar surface area (TPSA) is 90.5 Å². The van der Waals surface area contributed by atoms with Crippen LogP contribution in [0.2, 0.25) is 0 Å². The number of fused-ring (bicyclic) bond motifs is 1. The van der Waals surface area contributed by atoms with Gasteiger partial charge in [0.2, 0.25) is 5.82 Å². The van der Waals surface area contributed by atoms with Crippen molar-refractivity contribution in [3.8, 4) is 11.3 Å². The van der Waals surface area contributed by atoms with E-state index >= 15 is 0 Å². The standard InChI is InChI=1S/C19H18F5N7O/c1-18(20,21)14-8-10(5-6-25-14)12-9-13-11(4-3-7-31(13)28-12)26-16(32)15-27-17(19(22,23)24)29-30(15)2/h5-6,8-9,11H,3-4,7H2,1-2H3,(H,26,32)/t11-/m0/s1. The van der Waals surface area contributed by atoms with Gasteiger partial charge in [-0.2, -0.15) is 32.0 Å². The van der Waals surface area contributed by atoms with Crippen molar-refractivity contribution in [3.63, 3.8) is 0 Å². The second kappa shape index (κ2) is 7.64. The van der Waals surface area contributed by atoms with E-state index in [0.29, 0.717) is 36.3 Å². The van der Waals surface area contributed by atoms with Crippen molar-refractivity contribution in [2.75, 3.05) is 0 Å². The summed E-state index contributed by atoms with van der Waals surface area (Å²) < 4.78 is 68.2. The first-order valence-electron chi connectivity index (χ1n) is 9.65. The number of aryl methyl sites for hydroxylation is 2. The van der Waals surface area contributed by atoms with Crippen LogP contribution in [0.25, 0.3) is 11.3 Å². The van der Waals surface area contributed by atoms with Crippen LogP contribution in [0.4, 0.5) is 22.0 Å². The number of hydrogen-bond donors (Lipinski definition) is 1. The van der Waals surface area contributed by atoms with E-state index in [0.717, 1.165) is 11.6 Å². The van der Waals surface area contributed by atoms with Gasteiger partial charge in [-0.3, -0.25) is 14.5 Å². The Balaban J connectivity index is 1.60. The van der Waals surface area contributed by atoms with Gasteiger partial charge in [-0.25, -0.2) is 4.68 Å². The fourth-order valence-electron chi connectivity index (χ4n) is 3.53. The molecule has 4 rings (SSSR count). The third-order valence-corrected chi connectivity index (χ3v) is 5.06. The number of nitrogens with zero attached hydrogens (tertiary/aromatic N) is 6. The Morgan fingerprint density at radius 2 is 1.94 bits per heavy atom. The summed E-state index contributed by atoms with van der Waals surface area (Å²) in [5.41, 5.74) is 1.08. The van der Waals surface area contributed by atoms with Gasteiger partial charge in [-0.15, -0.1) is 5.10 Å². The van der Waals surface area contributed by atoms with Crippen LogP contribution < -0.4 is 5.32 Å². The quantitative estimate of drug-likeness (QED) is 0.609. The number of amides is 1. The predicted octanol–water partition coefficient (Wildman–Crippen LogP) is 3.47. The normalized spacial score (nSPS) is 16.7. The molecule has 3 aromatic rings. The zero-order valence-electron chi connectivity index (χ0n) is 17.0. The third kappa shape index (κ3) is 4.18. The number of carbonyl (C=O) groups is 1. The van der Waals surface area contributed by atoms with Gasteiger partial charge in [-0.1, -0.05) is 0 Å². The molecular weight excluding hydrogens is 437 g/mol. The Morgan fingerprint density at radius 1 is 1.19 bits per heavy atom. The second-order valence-electron chi connectivity index (χ2n) is 7.54. The molecule has 0 saturated carbocycles. The van der Waals surface area contributed by atoms with Crippen molar-refractivity contribution in [1.82, 2.24) is 34.8 Å². The molecule has 0 saturated heterocycles. The van der Waals surface area contributed by atoms with Crippen molar-refractivity contribution in [3.05, 3.63) is 47.4 Å². The van der Waals surface area contributed by atoms with Crippen molar-refractivity contribution in [2.24, 2.45) is 7.05 Å². The Hall–Kier alpha value is -3.38. The fraction of sp³-hybridized carbons (Fsp3) is 0.421. The molecular formula is C19H18F5N7O. The van der Waals surface area contributed by atoms with Gasteiger partial charge >= 0.3 is 6.18 Å². The maximum Gasteiger partial charge on any atom is 0.453 e. The number of rotatable bonds is 4. The minimum Gasteiger partial charge on any atom is -0.341 e. The summed E-state index contributed by atoms with van der Waals surface area (Å²) in [6.45, 7) is 1.30. The lowest BCUT2D eigenvalue weighted by atomic mass is 10.0. The van der Waals surface area contributed by atoms with Gasteiger partial charge in [0.1, 0.15) is 5.69 Å². The van der Waals surface area contributed by atoms with Gasteiger partial charge in [-0.05, 0) is 31.0 Å². The van der Waals surface area contributed by atoms with Crippen LogP contribution in [0, 0.1) is 0 Å². The SMILES string of the molecule is Cn1nc(C(F)(F)F)nc1C(=O)N[C@H]1CCCn2nc(-c3ccnc(C(C)(F)F)c3)cc21. The summed E-state index contributed by atoms with van der Waals surface area (Å²) in [4.78, 5) is 19.6. The first kappa shape index (κ1) is 21.8. The molecule has 3 aromatic heterocycles. The van der Waals surface area contributed by atoms with Gasteiger partial charge in [0.25, 0.3) is 17.7 Å². The summed E-state index contributed by atoms with van der Waals surface area (Å²) >= 11 is 0. The summed E-state index contributed by atoms with van der Waals surface area (Å²) in [5, 5.41) is 10.4. The van der Waals surface area contributed by atoms with Gasteiger partial charge in [0.05, 0.1) is 17.4 Å². The molecule has 0 aliphatic carbocycles.